The van der Waals surface area contributed by atoms with Crippen molar-refractivity contribution >= 4 is 56.5 Å². The Morgan fingerprint density at radius 1 is 1.23 bits per heavy atom. The van der Waals surface area contributed by atoms with E-state index in [-0.39, 0.29) is 18.2 Å². The van der Waals surface area contributed by atoms with Crippen LogP contribution in [0.4, 0.5) is 10.5 Å². The summed E-state index contributed by atoms with van der Waals surface area (Å²) in [6, 6.07) is 10.3. The lowest BCUT2D eigenvalue weighted by molar-refractivity contribution is -0.127. The number of nitrogens with zero attached hydrogens (tertiary/aromatic N) is 1. The molecule has 4 rings (SSSR count). The zero-order valence-corrected chi connectivity index (χ0v) is 18.7. The average Bonchev–Trinajstić information content (AvgIpc) is 3.30. The lowest BCUT2D eigenvalue weighted by atomic mass is 10.2. The van der Waals surface area contributed by atoms with Gasteiger partial charge < -0.3 is 19.5 Å². The molecule has 31 heavy (non-hydrogen) atoms. The molecular formula is C21H17BrN2O6S. The minimum absolute atomic E-state index is 0.126. The number of rotatable bonds is 6. The van der Waals surface area contributed by atoms with E-state index >= 15 is 0 Å². The molecule has 2 aromatic carbocycles. The molecule has 10 heteroatoms. The number of halogens is 1. The number of carbonyl (C=O) groups excluding carboxylic acids is 3. The normalized spacial score (nSPS) is 16.2. The van der Waals surface area contributed by atoms with E-state index < -0.39 is 17.1 Å². The number of hydrogen-bond acceptors (Lipinski definition) is 7. The summed E-state index contributed by atoms with van der Waals surface area (Å²) in [4.78, 5) is 38.5. The maximum Gasteiger partial charge on any atom is 0.294 e. The van der Waals surface area contributed by atoms with Crippen LogP contribution >= 0.6 is 27.7 Å². The van der Waals surface area contributed by atoms with E-state index in [0.29, 0.717) is 29.5 Å². The van der Waals surface area contributed by atoms with E-state index in [4.69, 9.17) is 14.2 Å². The molecule has 1 N–H and O–H groups in total. The number of benzene rings is 2. The third kappa shape index (κ3) is 4.70. The van der Waals surface area contributed by atoms with Gasteiger partial charge >= 0.3 is 0 Å². The summed E-state index contributed by atoms with van der Waals surface area (Å²) >= 11 is 4.22. The Hall–Kier alpha value is -2.98. The second-order valence-electron chi connectivity index (χ2n) is 6.51. The van der Waals surface area contributed by atoms with Crippen LogP contribution in [0.25, 0.3) is 6.08 Å². The van der Waals surface area contributed by atoms with Gasteiger partial charge in [-0.25, -0.2) is 0 Å². The highest BCUT2D eigenvalue weighted by atomic mass is 79.9. The molecule has 2 aromatic rings. The fraction of sp³-hybridized carbons (Fsp3) is 0.190. The van der Waals surface area contributed by atoms with Crippen molar-refractivity contribution in [2.24, 2.45) is 0 Å². The molecule has 0 unspecified atom stereocenters. The molecule has 0 aromatic heterocycles. The van der Waals surface area contributed by atoms with Gasteiger partial charge in [0.2, 0.25) is 12.7 Å². The van der Waals surface area contributed by atoms with Crippen molar-refractivity contribution in [3.8, 4) is 17.2 Å². The zero-order valence-electron chi connectivity index (χ0n) is 16.3. The molecule has 2 aliphatic heterocycles. The summed E-state index contributed by atoms with van der Waals surface area (Å²) in [6.07, 6.45) is 1.61. The van der Waals surface area contributed by atoms with Crippen LogP contribution < -0.4 is 19.5 Å². The largest absolute Gasteiger partial charge is 0.493 e. The van der Waals surface area contributed by atoms with E-state index in [1.54, 1.807) is 42.5 Å². The van der Waals surface area contributed by atoms with Crippen molar-refractivity contribution < 1.29 is 28.6 Å². The van der Waals surface area contributed by atoms with Gasteiger partial charge in [-0.05, 0) is 70.5 Å². The lowest BCUT2D eigenvalue weighted by Crippen LogP contribution is -2.36. The van der Waals surface area contributed by atoms with Crippen LogP contribution in [0.1, 0.15) is 12.5 Å². The summed E-state index contributed by atoms with van der Waals surface area (Å²) in [5.41, 5.74) is 1.21. The smallest absolute Gasteiger partial charge is 0.294 e. The minimum atomic E-state index is -0.513. The van der Waals surface area contributed by atoms with Crippen LogP contribution in [0.5, 0.6) is 17.2 Å². The van der Waals surface area contributed by atoms with Gasteiger partial charge in [0.1, 0.15) is 12.3 Å². The highest BCUT2D eigenvalue weighted by Crippen LogP contribution is 2.35. The molecule has 3 amide bonds. The van der Waals surface area contributed by atoms with Crippen molar-refractivity contribution in [2.45, 2.75) is 6.92 Å². The first kappa shape index (κ1) is 21.3. The number of nitrogens with one attached hydrogen (secondary N) is 1. The highest BCUT2D eigenvalue weighted by molar-refractivity contribution is 9.10. The second kappa shape index (κ2) is 9.03. The standard InChI is InChI=1S/C21H17BrN2O6S/c1-2-28-15-5-3-12(7-14(15)22)8-18-20(26)24(21(27)31-18)10-19(25)23-13-4-6-16-17(9-13)30-11-29-16/h3-9H,2,10-11H2,1H3,(H,23,25)/b18-8-. The minimum Gasteiger partial charge on any atom is -0.493 e. The summed E-state index contributed by atoms with van der Waals surface area (Å²) < 4.78 is 16.7. The molecule has 2 aliphatic rings. The maximum absolute atomic E-state index is 12.7. The van der Waals surface area contributed by atoms with E-state index in [0.717, 1.165) is 26.7 Å². The molecule has 0 bridgehead atoms. The Balaban J connectivity index is 1.42. The molecule has 0 aliphatic carbocycles. The van der Waals surface area contributed by atoms with Crippen molar-refractivity contribution in [3.63, 3.8) is 0 Å². The number of thioether (sulfide) groups is 1. The Morgan fingerprint density at radius 2 is 2.03 bits per heavy atom. The van der Waals surface area contributed by atoms with Crippen LogP contribution in [-0.4, -0.2) is 41.9 Å². The maximum atomic E-state index is 12.7. The van der Waals surface area contributed by atoms with Crippen LogP contribution in [0.15, 0.2) is 45.8 Å². The molecule has 0 saturated carbocycles. The molecular weight excluding hydrogens is 488 g/mol. The molecule has 160 valence electrons. The fourth-order valence-corrected chi connectivity index (χ4v) is 4.33. The van der Waals surface area contributed by atoms with Crippen LogP contribution in [-0.2, 0) is 9.59 Å². The summed E-state index contributed by atoms with van der Waals surface area (Å²) in [5.74, 6) is 0.795. The van der Waals surface area contributed by atoms with Gasteiger partial charge in [-0.3, -0.25) is 19.3 Å². The predicted molar refractivity (Wildman–Crippen MR) is 119 cm³/mol. The van der Waals surface area contributed by atoms with Crippen molar-refractivity contribution in [1.29, 1.82) is 0 Å². The molecule has 8 nitrogen and oxygen atoms in total. The monoisotopic (exact) mass is 504 g/mol. The molecule has 1 fully saturated rings. The Kier molecular flexibility index (Phi) is 6.19. The van der Waals surface area contributed by atoms with Gasteiger partial charge in [0, 0.05) is 11.8 Å². The SMILES string of the molecule is CCOc1ccc(/C=C2\SC(=O)N(CC(=O)Nc3ccc4c(c3)OCO4)C2=O)cc1Br. The van der Waals surface area contributed by atoms with Gasteiger partial charge in [0.15, 0.2) is 11.5 Å². The topological polar surface area (TPSA) is 94.2 Å². The first-order chi connectivity index (χ1) is 14.9. The van der Waals surface area contributed by atoms with Crippen molar-refractivity contribution in [3.05, 3.63) is 51.3 Å². The van der Waals surface area contributed by atoms with Gasteiger partial charge in [0.25, 0.3) is 11.1 Å². The number of ether oxygens (including phenoxy) is 3. The van der Waals surface area contributed by atoms with Crippen LogP contribution in [0.2, 0.25) is 0 Å². The van der Waals surface area contributed by atoms with E-state index in [9.17, 15) is 14.4 Å². The molecule has 1 saturated heterocycles. The number of imide groups is 1. The zero-order chi connectivity index (χ0) is 22.0. The van der Waals surface area contributed by atoms with E-state index in [2.05, 4.69) is 21.2 Å². The quantitative estimate of drug-likeness (QED) is 0.587. The van der Waals surface area contributed by atoms with E-state index in [1.807, 2.05) is 6.92 Å². The highest BCUT2D eigenvalue weighted by Gasteiger charge is 2.36. The van der Waals surface area contributed by atoms with Crippen LogP contribution in [0.3, 0.4) is 0 Å². The predicted octanol–water partition coefficient (Wildman–Crippen LogP) is 4.25. The number of carbonyl (C=O) groups is 3. The molecule has 0 spiro atoms. The third-order valence-electron chi connectivity index (χ3n) is 4.39. The van der Waals surface area contributed by atoms with Crippen molar-refractivity contribution in [1.82, 2.24) is 4.90 Å². The van der Waals surface area contributed by atoms with Gasteiger partial charge in [0.05, 0.1) is 16.0 Å². The van der Waals surface area contributed by atoms with Gasteiger partial charge in [-0.2, -0.15) is 0 Å². The first-order valence-electron chi connectivity index (χ1n) is 9.32. The Bertz CT molecular complexity index is 1100. The summed E-state index contributed by atoms with van der Waals surface area (Å²) in [7, 11) is 0. The summed E-state index contributed by atoms with van der Waals surface area (Å²) in [5, 5.41) is 2.16. The average molecular weight is 505 g/mol. The third-order valence-corrected chi connectivity index (χ3v) is 5.91. The van der Waals surface area contributed by atoms with Crippen molar-refractivity contribution in [2.75, 3.05) is 25.3 Å². The number of fused-ring (bicyclic) bond motifs is 1. The number of hydrogen-bond donors (Lipinski definition) is 1. The second-order valence-corrected chi connectivity index (χ2v) is 8.35. The number of amides is 3. The lowest BCUT2D eigenvalue weighted by Gasteiger charge is -2.12. The number of anilines is 1. The summed E-state index contributed by atoms with van der Waals surface area (Å²) in [6.45, 7) is 2.16. The molecule has 0 atom stereocenters. The molecule has 2 heterocycles. The molecule has 0 radical (unpaired) electrons. The van der Waals surface area contributed by atoms with Gasteiger partial charge in [-0.15, -0.1) is 0 Å². The fourth-order valence-electron chi connectivity index (χ4n) is 2.99. The van der Waals surface area contributed by atoms with Gasteiger partial charge in [-0.1, -0.05) is 6.07 Å². The van der Waals surface area contributed by atoms with Crippen LogP contribution in [0, 0.1) is 0 Å². The Labute approximate surface area is 190 Å². The first-order valence-corrected chi connectivity index (χ1v) is 10.9. The van der Waals surface area contributed by atoms with E-state index in [1.165, 1.54) is 0 Å². The Morgan fingerprint density at radius 3 is 2.81 bits per heavy atom.